The number of allylic oxidation sites excluding steroid dienone is 1. The average Bonchev–Trinajstić information content (AvgIpc) is 0.778. The first-order chi connectivity index (χ1) is 48.6. The molecule has 0 saturated carbocycles. The SMILES string of the molecule is CCCCCCCCCCCCC/C=C/[C@@H](O)[C@H](CO[C@@H]1OC(CO)[C@@H](O[C@@H]2OC(CO)[C@H](O[C@@H]3OC(CO)[C@H](O)[C@H](O[C@@H]4OC(CO)[C@H](O)[C@H](O[C@@H]5OC(CO)[C@H](O)[C@H](O)C5NC(C)=O)C4O)C3NC(C)=O)[C@H](O)C2O)[C@H](O)C1O)NC(=O)CCCCCCCCCCCCCCCCC. The lowest BCUT2D eigenvalue weighted by molar-refractivity contribution is -0.383. The van der Waals surface area contributed by atoms with E-state index in [-0.39, 0.29) is 12.3 Å². The Morgan fingerprint density at radius 2 is 0.743 bits per heavy atom. The summed E-state index contributed by atoms with van der Waals surface area (Å²) in [6, 6.07) is -4.37. The molecule has 3 amide bonds. The van der Waals surface area contributed by atoms with Gasteiger partial charge in [0.1, 0.15) is 122 Å². The number of carbonyl (C=O) groups is 3. The Kier molecular flexibility index (Phi) is 42.6. The zero-order chi connectivity index (χ0) is 74.0. The maximum absolute atomic E-state index is 13.5. The summed E-state index contributed by atoms with van der Waals surface area (Å²) in [6.07, 6.45) is -9.31. The number of unbranched alkanes of at least 4 members (excludes halogenated alkanes) is 25. The summed E-state index contributed by atoms with van der Waals surface area (Å²) in [4.78, 5) is 38.6. The molecule has 31 heteroatoms. The summed E-state index contributed by atoms with van der Waals surface area (Å²) in [7, 11) is 0. The second-order valence-corrected chi connectivity index (χ2v) is 27.8. The number of amides is 3. The number of carbonyl (C=O) groups excluding carboxylic acids is 3. The molecule has 101 heavy (non-hydrogen) atoms. The minimum Gasteiger partial charge on any atom is -0.394 e. The van der Waals surface area contributed by atoms with Gasteiger partial charge in [0.15, 0.2) is 31.5 Å². The Bertz CT molecular complexity index is 2270. The van der Waals surface area contributed by atoms with Crippen molar-refractivity contribution in [2.45, 2.75) is 373 Å². The van der Waals surface area contributed by atoms with Gasteiger partial charge >= 0.3 is 0 Å². The highest BCUT2D eigenvalue weighted by atomic mass is 16.8. The smallest absolute Gasteiger partial charge is 0.220 e. The lowest BCUT2D eigenvalue weighted by Crippen LogP contribution is -2.70. The van der Waals surface area contributed by atoms with E-state index in [1.165, 1.54) is 116 Å². The number of rotatable bonds is 49. The highest BCUT2D eigenvalue weighted by Gasteiger charge is 2.57. The second-order valence-electron chi connectivity index (χ2n) is 27.8. The third-order valence-corrected chi connectivity index (χ3v) is 19.6. The zero-order valence-corrected chi connectivity index (χ0v) is 59.8. The molecule has 0 spiro atoms. The van der Waals surface area contributed by atoms with Gasteiger partial charge in [-0.3, -0.25) is 14.4 Å². The van der Waals surface area contributed by atoms with Gasteiger partial charge in [-0.2, -0.15) is 0 Å². The number of aliphatic hydroxyl groups is 15. The van der Waals surface area contributed by atoms with Gasteiger partial charge < -0.3 is 140 Å². The molecule has 590 valence electrons. The molecule has 0 radical (unpaired) electrons. The minimum absolute atomic E-state index is 0.194. The number of ether oxygens (including phenoxy) is 10. The summed E-state index contributed by atoms with van der Waals surface area (Å²) in [5, 5.41) is 174. The predicted octanol–water partition coefficient (Wildman–Crippen LogP) is -0.248. The molecule has 0 aromatic carbocycles. The third kappa shape index (κ3) is 28.3. The summed E-state index contributed by atoms with van der Waals surface area (Å²) >= 11 is 0. The molecule has 5 saturated heterocycles. The quantitative estimate of drug-likeness (QED) is 0.0276. The first kappa shape index (κ1) is 88.8. The van der Waals surface area contributed by atoms with Gasteiger partial charge in [0, 0.05) is 20.3 Å². The van der Waals surface area contributed by atoms with Gasteiger partial charge in [0.25, 0.3) is 0 Å². The van der Waals surface area contributed by atoms with Gasteiger partial charge in [-0.1, -0.05) is 180 Å². The van der Waals surface area contributed by atoms with Crippen LogP contribution in [0.15, 0.2) is 12.2 Å². The molecule has 0 bridgehead atoms. The van der Waals surface area contributed by atoms with E-state index in [0.29, 0.717) is 12.8 Å². The molecule has 18 N–H and O–H groups in total. The number of nitrogens with one attached hydrogen (secondary N) is 3. The van der Waals surface area contributed by atoms with Crippen LogP contribution in [0.4, 0.5) is 0 Å². The zero-order valence-electron chi connectivity index (χ0n) is 59.8. The van der Waals surface area contributed by atoms with Crippen LogP contribution in [0.2, 0.25) is 0 Å². The van der Waals surface area contributed by atoms with Crippen molar-refractivity contribution in [3.63, 3.8) is 0 Å². The van der Waals surface area contributed by atoms with Crippen LogP contribution in [0.25, 0.3) is 0 Å². The number of hydrogen-bond acceptors (Lipinski definition) is 28. The maximum Gasteiger partial charge on any atom is 0.220 e. The Balaban J connectivity index is 1.22. The van der Waals surface area contributed by atoms with E-state index in [1.807, 2.05) is 6.08 Å². The Labute approximate surface area is 594 Å². The van der Waals surface area contributed by atoms with Gasteiger partial charge in [0.2, 0.25) is 17.7 Å². The van der Waals surface area contributed by atoms with Crippen LogP contribution in [-0.4, -0.2) is 300 Å². The first-order valence-electron chi connectivity index (χ1n) is 37.5. The van der Waals surface area contributed by atoms with Crippen molar-refractivity contribution < 1.29 is 138 Å². The van der Waals surface area contributed by atoms with Crippen LogP contribution in [0.1, 0.15) is 207 Å². The Hall–Kier alpha value is -2.85. The minimum atomic E-state index is -2.17. The monoisotopic (exact) mass is 1460 g/mol. The van der Waals surface area contributed by atoms with Gasteiger partial charge in [0.05, 0.1) is 51.8 Å². The van der Waals surface area contributed by atoms with Gasteiger partial charge in [-0.25, -0.2) is 0 Å². The number of hydrogen-bond donors (Lipinski definition) is 18. The molecule has 31 nitrogen and oxygen atoms in total. The first-order valence-corrected chi connectivity index (χ1v) is 37.5. The summed E-state index contributed by atoms with van der Waals surface area (Å²) in [5.74, 6) is -1.90. The van der Waals surface area contributed by atoms with E-state index in [2.05, 4.69) is 29.8 Å². The molecule has 10 unspecified atom stereocenters. The highest BCUT2D eigenvalue weighted by molar-refractivity contribution is 5.76. The predicted molar refractivity (Wildman–Crippen MR) is 361 cm³/mol. The largest absolute Gasteiger partial charge is 0.394 e. The highest BCUT2D eigenvalue weighted by Crippen LogP contribution is 2.37. The van der Waals surface area contributed by atoms with Crippen molar-refractivity contribution in [3.05, 3.63) is 12.2 Å². The fraction of sp³-hybridized carbons (Fsp3) is 0.929. The lowest BCUT2D eigenvalue weighted by atomic mass is 9.94. The molecule has 5 aliphatic heterocycles. The molecule has 5 heterocycles. The van der Waals surface area contributed by atoms with Crippen molar-refractivity contribution in [3.8, 4) is 0 Å². The number of aliphatic hydroxyl groups excluding tert-OH is 15. The second kappa shape index (κ2) is 48.5. The Morgan fingerprint density at radius 1 is 0.386 bits per heavy atom. The normalized spacial score (nSPS) is 35.3. The molecule has 0 aromatic heterocycles. The van der Waals surface area contributed by atoms with Crippen molar-refractivity contribution in [2.24, 2.45) is 0 Å². The van der Waals surface area contributed by atoms with Crippen molar-refractivity contribution >= 4 is 17.7 Å². The maximum atomic E-state index is 13.5. The average molecular weight is 1460 g/mol. The molecular weight excluding hydrogens is 1330 g/mol. The van der Waals surface area contributed by atoms with Crippen LogP contribution in [0.5, 0.6) is 0 Å². The van der Waals surface area contributed by atoms with E-state index in [9.17, 15) is 91.0 Å². The van der Waals surface area contributed by atoms with E-state index >= 15 is 0 Å². The van der Waals surface area contributed by atoms with Crippen LogP contribution < -0.4 is 16.0 Å². The molecule has 5 aliphatic rings. The fourth-order valence-electron chi connectivity index (χ4n) is 13.6. The van der Waals surface area contributed by atoms with Crippen LogP contribution in [-0.2, 0) is 61.8 Å². The van der Waals surface area contributed by atoms with Gasteiger partial charge in [-0.15, -0.1) is 0 Å². The lowest BCUT2D eigenvalue weighted by Gasteiger charge is -2.50. The molecule has 5 rings (SSSR count). The van der Waals surface area contributed by atoms with E-state index in [0.717, 1.165) is 58.8 Å². The molecule has 5 fully saturated rings. The molecule has 27 atom stereocenters. The fourth-order valence-corrected chi connectivity index (χ4v) is 13.6. The van der Waals surface area contributed by atoms with E-state index in [1.54, 1.807) is 6.08 Å². The third-order valence-electron chi connectivity index (χ3n) is 19.6. The van der Waals surface area contributed by atoms with E-state index < -0.39 is 217 Å². The Morgan fingerprint density at radius 3 is 1.22 bits per heavy atom. The van der Waals surface area contributed by atoms with Crippen LogP contribution >= 0.6 is 0 Å². The molecule has 0 aromatic rings. The topological polar surface area (TPSA) is 483 Å². The standard InChI is InChI=1S/C70H127N3O28/c1-5-7-9-11-13-15-17-19-20-22-24-26-28-30-32-34-50(82)73-43(44(81)33-31-29-27-25-23-21-18-16-14-12-10-8-6-2)40-92-68-59(89)57(87)63(48(38-77)96-68)99-69-60(90)58(88)62(49(39-78)97-69)98-67-52(72-42(4)80)64(54(84)46(36-75)94-67)100-70-61(91)65(55(85)47(37-76)95-70)101-66-51(71-41(3)79)56(86)53(83)45(35-74)93-66/h31,33,43-49,51-70,74-78,81,83-91H,5-30,32,34-40H2,1-4H3,(H,71,79)(H,72,80)(H,73,82)/b33-31+/t43-,44+,45?,46?,47?,48?,49?,51?,52?,53-,54-,55-,56+,57+,58+,59?,60?,61?,62-,63+,64+,65-,66-,67-,68+,69-,70-/m0/s1. The summed E-state index contributed by atoms with van der Waals surface area (Å²) in [6.45, 7) is 1.37. The summed E-state index contributed by atoms with van der Waals surface area (Å²) < 4.78 is 59.1. The molecular formula is C70H127N3O28. The van der Waals surface area contributed by atoms with Gasteiger partial charge in [-0.05, 0) is 19.3 Å². The van der Waals surface area contributed by atoms with Crippen LogP contribution in [0, 0.1) is 0 Å². The van der Waals surface area contributed by atoms with Crippen molar-refractivity contribution in [2.75, 3.05) is 39.6 Å². The van der Waals surface area contributed by atoms with Crippen molar-refractivity contribution in [1.29, 1.82) is 0 Å². The summed E-state index contributed by atoms with van der Waals surface area (Å²) in [5.41, 5.74) is 0. The molecule has 0 aliphatic carbocycles. The van der Waals surface area contributed by atoms with Crippen LogP contribution in [0.3, 0.4) is 0 Å². The van der Waals surface area contributed by atoms with Crippen molar-refractivity contribution in [1.82, 2.24) is 16.0 Å². The van der Waals surface area contributed by atoms with E-state index in [4.69, 9.17) is 47.4 Å².